The van der Waals surface area contributed by atoms with Crippen molar-refractivity contribution in [3.63, 3.8) is 0 Å². The van der Waals surface area contributed by atoms with Gasteiger partial charge in [0, 0.05) is 11.6 Å². The fourth-order valence-electron chi connectivity index (χ4n) is 2.59. The van der Waals surface area contributed by atoms with E-state index in [9.17, 15) is 13.5 Å². The molecule has 1 saturated heterocycles. The number of hydrogen-bond acceptors (Lipinski definition) is 5. The Hall–Kier alpha value is -1.27. The van der Waals surface area contributed by atoms with Crippen LogP contribution in [-0.2, 0) is 9.84 Å². The Labute approximate surface area is 119 Å². The molecular formula is C14H20O5S. The van der Waals surface area contributed by atoms with Crippen LogP contribution in [0.3, 0.4) is 0 Å². The Morgan fingerprint density at radius 1 is 1.35 bits per heavy atom. The van der Waals surface area contributed by atoms with Gasteiger partial charge in [-0.25, -0.2) is 8.42 Å². The molecule has 5 nitrogen and oxygen atoms in total. The summed E-state index contributed by atoms with van der Waals surface area (Å²) < 4.78 is 33.3. The summed E-state index contributed by atoms with van der Waals surface area (Å²) in [6, 6.07) is 5.22. The molecule has 0 bridgehead atoms. The fourth-order valence-corrected chi connectivity index (χ4v) is 4.47. The standard InChI is InChI=1S/C14H20O5S/c1-18-11-3-4-12(14(8-11)19-2)13(15)7-10-5-6-20(16,17)9-10/h3-4,8,10,13,15H,5-7,9H2,1-2H3. The van der Waals surface area contributed by atoms with Crippen molar-refractivity contribution in [2.24, 2.45) is 5.92 Å². The van der Waals surface area contributed by atoms with E-state index < -0.39 is 15.9 Å². The van der Waals surface area contributed by atoms with Gasteiger partial charge >= 0.3 is 0 Å². The Kier molecular flexibility index (Phi) is 4.55. The lowest BCUT2D eigenvalue weighted by Crippen LogP contribution is -2.10. The summed E-state index contributed by atoms with van der Waals surface area (Å²) in [5.41, 5.74) is 0.664. The summed E-state index contributed by atoms with van der Waals surface area (Å²) >= 11 is 0. The Balaban J connectivity index is 2.11. The smallest absolute Gasteiger partial charge is 0.150 e. The van der Waals surface area contributed by atoms with Gasteiger partial charge in [0.05, 0.1) is 31.8 Å². The molecule has 1 heterocycles. The molecule has 20 heavy (non-hydrogen) atoms. The molecule has 2 atom stereocenters. The minimum Gasteiger partial charge on any atom is -0.497 e. The lowest BCUT2D eigenvalue weighted by molar-refractivity contribution is 0.145. The van der Waals surface area contributed by atoms with Crippen molar-refractivity contribution in [3.05, 3.63) is 23.8 Å². The maximum absolute atomic E-state index is 11.4. The summed E-state index contributed by atoms with van der Waals surface area (Å²) in [5, 5.41) is 10.3. The molecule has 0 spiro atoms. The monoisotopic (exact) mass is 300 g/mol. The lowest BCUT2D eigenvalue weighted by atomic mass is 9.96. The highest BCUT2D eigenvalue weighted by atomic mass is 32.2. The molecule has 6 heteroatoms. The number of methoxy groups -OCH3 is 2. The SMILES string of the molecule is COc1ccc(C(O)CC2CCS(=O)(=O)C2)c(OC)c1. The van der Waals surface area contributed by atoms with Crippen LogP contribution in [0.15, 0.2) is 18.2 Å². The van der Waals surface area contributed by atoms with Crippen molar-refractivity contribution < 1.29 is 23.0 Å². The second-order valence-corrected chi connectivity index (χ2v) is 7.36. The topological polar surface area (TPSA) is 72.8 Å². The number of aliphatic hydroxyl groups is 1. The minimum absolute atomic E-state index is 0.0156. The number of ether oxygens (including phenoxy) is 2. The minimum atomic E-state index is -2.91. The molecule has 0 amide bonds. The van der Waals surface area contributed by atoms with Gasteiger partial charge in [0.25, 0.3) is 0 Å². The third kappa shape index (κ3) is 3.43. The molecule has 1 fully saturated rings. The Bertz CT molecular complexity index is 567. The molecule has 2 unspecified atom stereocenters. The van der Waals surface area contributed by atoms with Crippen LogP contribution < -0.4 is 9.47 Å². The van der Waals surface area contributed by atoms with Crippen LogP contribution in [0, 0.1) is 5.92 Å². The maximum atomic E-state index is 11.4. The van der Waals surface area contributed by atoms with Crippen LogP contribution in [0.25, 0.3) is 0 Å². The van der Waals surface area contributed by atoms with Crippen molar-refractivity contribution in [3.8, 4) is 11.5 Å². The summed E-state index contributed by atoms with van der Waals surface area (Å²) in [6.45, 7) is 0. The molecule has 0 aromatic heterocycles. The first kappa shape index (κ1) is 15.1. The second kappa shape index (κ2) is 6.01. The van der Waals surface area contributed by atoms with Gasteiger partial charge in [-0.1, -0.05) is 0 Å². The molecule has 2 rings (SSSR count). The summed E-state index contributed by atoms with van der Waals surface area (Å²) in [6.07, 6.45) is 0.328. The average molecular weight is 300 g/mol. The molecule has 0 radical (unpaired) electrons. The van der Waals surface area contributed by atoms with Gasteiger partial charge in [0.2, 0.25) is 0 Å². The number of benzene rings is 1. The number of hydrogen-bond donors (Lipinski definition) is 1. The van der Waals surface area contributed by atoms with E-state index in [4.69, 9.17) is 9.47 Å². The van der Waals surface area contributed by atoms with Gasteiger partial charge < -0.3 is 14.6 Å². The number of sulfone groups is 1. The lowest BCUT2D eigenvalue weighted by Gasteiger charge is -2.18. The van der Waals surface area contributed by atoms with Gasteiger partial charge in [0.15, 0.2) is 9.84 Å². The van der Waals surface area contributed by atoms with Gasteiger partial charge in [-0.3, -0.25) is 0 Å². The summed E-state index contributed by atoms with van der Waals surface area (Å²) in [7, 11) is 0.185. The highest BCUT2D eigenvalue weighted by Crippen LogP contribution is 2.34. The van der Waals surface area contributed by atoms with Gasteiger partial charge in [0.1, 0.15) is 11.5 Å². The van der Waals surface area contributed by atoms with Crippen LogP contribution in [0.4, 0.5) is 0 Å². The van der Waals surface area contributed by atoms with E-state index in [0.717, 1.165) is 0 Å². The summed E-state index contributed by atoms with van der Waals surface area (Å²) in [4.78, 5) is 0. The molecular weight excluding hydrogens is 280 g/mol. The van der Waals surface area contributed by atoms with E-state index in [2.05, 4.69) is 0 Å². The van der Waals surface area contributed by atoms with Crippen LogP contribution in [0.5, 0.6) is 11.5 Å². The summed E-state index contributed by atoms with van der Waals surface area (Å²) in [5.74, 6) is 1.62. The predicted molar refractivity (Wildman–Crippen MR) is 75.9 cm³/mol. The number of aliphatic hydroxyl groups excluding tert-OH is 1. The van der Waals surface area contributed by atoms with E-state index >= 15 is 0 Å². The quantitative estimate of drug-likeness (QED) is 0.893. The maximum Gasteiger partial charge on any atom is 0.150 e. The predicted octanol–water partition coefficient (Wildman–Crippen LogP) is 1.56. The van der Waals surface area contributed by atoms with Crippen LogP contribution in [0.1, 0.15) is 24.5 Å². The van der Waals surface area contributed by atoms with Crippen LogP contribution in [0.2, 0.25) is 0 Å². The molecule has 0 aliphatic carbocycles. The van der Waals surface area contributed by atoms with Crippen molar-refractivity contribution in [2.45, 2.75) is 18.9 Å². The number of rotatable bonds is 5. The molecule has 1 aromatic carbocycles. The van der Waals surface area contributed by atoms with E-state index in [1.807, 2.05) is 0 Å². The normalized spacial score (nSPS) is 22.4. The molecule has 112 valence electrons. The average Bonchev–Trinajstić information content (AvgIpc) is 2.76. The highest BCUT2D eigenvalue weighted by molar-refractivity contribution is 7.91. The van der Waals surface area contributed by atoms with Crippen molar-refractivity contribution in [1.29, 1.82) is 0 Å². The van der Waals surface area contributed by atoms with E-state index in [-0.39, 0.29) is 17.4 Å². The van der Waals surface area contributed by atoms with Crippen LogP contribution >= 0.6 is 0 Å². The van der Waals surface area contributed by atoms with E-state index in [0.29, 0.717) is 29.9 Å². The van der Waals surface area contributed by atoms with Crippen molar-refractivity contribution in [2.75, 3.05) is 25.7 Å². The zero-order chi connectivity index (χ0) is 14.8. The van der Waals surface area contributed by atoms with Gasteiger partial charge in [-0.05, 0) is 30.9 Å². The largest absolute Gasteiger partial charge is 0.497 e. The first-order chi connectivity index (χ1) is 9.45. The van der Waals surface area contributed by atoms with Crippen molar-refractivity contribution >= 4 is 9.84 Å². The molecule has 1 aromatic rings. The molecule has 1 N–H and O–H groups in total. The first-order valence-corrected chi connectivity index (χ1v) is 8.37. The van der Waals surface area contributed by atoms with Gasteiger partial charge in [-0.2, -0.15) is 0 Å². The zero-order valence-corrected chi connectivity index (χ0v) is 12.5. The van der Waals surface area contributed by atoms with E-state index in [1.165, 1.54) is 7.11 Å². The van der Waals surface area contributed by atoms with Crippen molar-refractivity contribution in [1.82, 2.24) is 0 Å². The van der Waals surface area contributed by atoms with E-state index in [1.54, 1.807) is 25.3 Å². The fraction of sp³-hybridized carbons (Fsp3) is 0.571. The third-order valence-corrected chi connectivity index (χ3v) is 5.52. The zero-order valence-electron chi connectivity index (χ0n) is 11.7. The Morgan fingerprint density at radius 3 is 2.65 bits per heavy atom. The van der Waals surface area contributed by atoms with Gasteiger partial charge in [-0.15, -0.1) is 0 Å². The molecule has 1 aliphatic heterocycles. The third-order valence-electron chi connectivity index (χ3n) is 3.68. The Morgan fingerprint density at radius 2 is 2.10 bits per heavy atom. The second-order valence-electron chi connectivity index (χ2n) is 5.13. The highest BCUT2D eigenvalue weighted by Gasteiger charge is 2.30. The molecule has 1 aliphatic rings. The van der Waals surface area contributed by atoms with Crippen LogP contribution in [-0.4, -0.2) is 39.2 Å². The molecule has 0 saturated carbocycles. The first-order valence-electron chi connectivity index (χ1n) is 6.55.